The van der Waals surface area contributed by atoms with Gasteiger partial charge in [0.25, 0.3) is 0 Å². The third-order valence-electron chi connectivity index (χ3n) is 4.44. The normalized spacial score (nSPS) is 22.1. The number of carbonyl (C=O) groups is 1. The van der Waals surface area contributed by atoms with E-state index in [0.29, 0.717) is 18.4 Å². The molecule has 6 heteroatoms. The molecular weight excluding hydrogens is 266 g/mol. The first kappa shape index (κ1) is 14.5. The number of hydrogen-bond acceptors (Lipinski definition) is 4. The molecule has 0 aliphatic carbocycles. The van der Waals surface area contributed by atoms with Crippen LogP contribution < -0.4 is 5.32 Å². The van der Waals surface area contributed by atoms with Crippen molar-refractivity contribution < 1.29 is 4.79 Å². The van der Waals surface area contributed by atoms with Gasteiger partial charge in [-0.05, 0) is 32.6 Å². The van der Waals surface area contributed by atoms with Crippen molar-refractivity contribution >= 4 is 5.91 Å². The summed E-state index contributed by atoms with van der Waals surface area (Å²) in [5.74, 6) is 2.25. The van der Waals surface area contributed by atoms with Crippen LogP contribution in [0.2, 0.25) is 0 Å². The minimum atomic E-state index is 0.301. The van der Waals surface area contributed by atoms with Crippen molar-refractivity contribution in [3.05, 3.63) is 11.6 Å². The molecule has 1 amide bonds. The maximum Gasteiger partial charge on any atom is 0.223 e. The van der Waals surface area contributed by atoms with Gasteiger partial charge in [0.05, 0.1) is 6.54 Å². The average molecular weight is 291 g/mol. The Kier molecular flexibility index (Phi) is 4.53. The van der Waals surface area contributed by atoms with Gasteiger partial charge in [0.15, 0.2) is 0 Å². The van der Waals surface area contributed by atoms with Crippen LogP contribution >= 0.6 is 0 Å². The highest BCUT2D eigenvalue weighted by Gasteiger charge is 2.21. The standard InChI is InChI=1S/C15H25N5O/c1-12-17-14-6-5-13(11-20(14)18-12)16-8-7-15(21)19-9-3-2-4-10-19/h13,16H,2-11H2,1H3/t13-/m1/s1. The summed E-state index contributed by atoms with van der Waals surface area (Å²) in [6, 6.07) is 0.410. The summed E-state index contributed by atoms with van der Waals surface area (Å²) < 4.78 is 2.00. The number of fused-ring (bicyclic) bond motifs is 1. The fraction of sp³-hybridized carbons (Fsp3) is 0.800. The molecule has 1 saturated heterocycles. The Labute approximate surface area is 125 Å². The lowest BCUT2D eigenvalue weighted by atomic mass is 10.1. The molecule has 21 heavy (non-hydrogen) atoms. The van der Waals surface area contributed by atoms with Crippen molar-refractivity contribution in [3.63, 3.8) is 0 Å². The molecule has 2 aliphatic rings. The van der Waals surface area contributed by atoms with Crippen molar-refractivity contribution in [2.75, 3.05) is 19.6 Å². The molecule has 1 fully saturated rings. The molecule has 0 bridgehead atoms. The molecule has 3 heterocycles. The lowest BCUT2D eigenvalue weighted by molar-refractivity contribution is -0.132. The largest absolute Gasteiger partial charge is 0.343 e. The number of rotatable bonds is 4. The average Bonchev–Trinajstić information content (AvgIpc) is 2.87. The number of aromatic nitrogens is 3. The Bertz CT molecular complexity index is 492. The van der Waals surface area contributed by atoms with E-state index in [-0.39, 0.29) is 0 Å². The van der Waals surface area contributed by atoms with E-state index in [1.165, 1.54) is 6.42 Å². The lowest BCUT2D eigenvalue weighted by Gasteiger charge is -2.27. The molecule has 0 spiro atoms. The summed E-state index contributed by atoms with van der Waals surface area (Å²) in [6.45, 7) is 5.47. The van der Waals surface area contributed by atoms with E-state index in [9.17, 15) is 4.79 Å². The maximum absolute atomic E-state index is 12.1. The van der Waals surface area contributed by atoms with Gasteiger partial charge in [0.1, 0.15) is 11.6 Å². The first-order valence-electron chi connectivity index (χ1n) is 8.14. The topological polar surface area (TPSA) is 63.1 Å². The van der Waals surface area contributed by atoms with Gasteiger partial charge in [-0.25, -0.2) is 9.67 Å². The van der Waals surface area contributed by atoms with Crippen molar-refractivity contribution in [3.8, 4) is 0 Å². The predicted molar refractivity (Wildman–Crippen MR) is 79.9 cm³/mol. The minimum Gasteiger partial charge on any atom is -0.343 e. The number of amides is 1. The first-order chi connectivity index (χ1) is 10.2. The summed E-state index contributed by atoms with van der Waals surface area (Å²) in [7, 11) is 0. The fourth-order valence-corrected chi connectivity index (χ4v) is 3.29. The molecule has 0 unspecified atom stereocenters. The predicted octanol–water partition coefficient (Wildman–Crippen LogP) is 0.894. The highest BCUT2D eigenvalue weighted by molar-refractivity contribution is 5.76. The quantitative estimate of drug-likeness (QED) is 0.895. The Balaban J connectivity index is 1.41. The number of aryl methyl sites for hydroxylation is 2. The molecule has 6 nitrogen and oxygen atoms in total. The second-order valence-corrected chi connectivity index (χ2v) is 6.14. The van der Waals surface area contributed by atoms with Crippen LogP contribution in [0.4, 0.5) is 0 Å². The number of carbonyl (C=O) groups excluding carboxylic acids is 1. The van der Waals surface area contributed by atoms with Gasteiger partial charge in [-0.3, -0.25) is 4.79 Å². The van der Waals surface area contributed by atoms with Gasteiger partial charge in [0, 0.05) is 38.5 Å². The molecule has 0 saturated carbocycles. The lowest BCUT2D eigenvalue weighted by Crippen LogP contribution is -2.41. The van der Waals surface area contributed by atoms with E-state index in [4.69, 9.17) is 0 Å². The minimum absolute atomic E-state index is 0.301. The summed E-state index contributed by atoms with van der Waals surface area (Å²) >= 11 is 0. The van der Waals surface area contributed by atoms with Crippen LogP contribution in [-0.2, 0) is 17.8 Å². The van der Waals surface area contributed by atoms with E-state index in [0.717, 1.165) is 63.5 Å². The van der Waals surface area contributed by atoms with Crippen LogP contribution in [0.1, 0.15) is 43.8 Å². The second-order valence-electron chi connectivity index (χ2n) is 6.14. The third-order valence-corrected chi connectivity index (χ3v) is 4.44. The van der Waals surface area contributed by atoms with Crippen molar-refractivity contribution in [2.24, 2.45) is 0 Å². The maximum atomic E-state index is 12.1. The van der Waals surface area contributed by atoms with E-state index >= 15 is 0 Å². The zero-order valence-electron chi connectivity index (χ0n) is 12.8. The van der Waals surface area contributed by atoms with Crippen LogP contribution in [0.15, 0.2) is 0 Å². The van der Waals surface area contributed by atoms with Gasteiger partial charge in [-0.2, -0.15) is 5.10 Å². The van der Waals surface area contributed by atoms with Gasteiger partial charge in [0.2, 0.25) is 5.91 Å². The Hall–Kier alpha value is -1.43. The molecule has 1 atom stereocenters. The number of hydrogen-bond donors (Lipinski definition) is 1. The highest BCUT2D eigenvalue weighted by Crippen LogP contribution is 2.13. The Morgan fingerprint density at radius 3 is 2.95 bits per heavy atom. The second kappa shape index (κ2) is 6.56. The molecule has 3 rings (SSSR count). The van der Waals surface area contributed by atoms with Crippen LogP contribution in [0.25, 0.3) is 0 Å². The van der Waals surface area contributed by atoms with Crippen molar-refractivity contribution in [1.82, 2.24) is 25.0 Å². The SMILES string of the molecule is Cc1nc2n(n1)C[C@H](NCCC(=O)N1CCCCC1)CC2. The fourth-order valence-electron chi connectivity index (χ4n) is 3.29. The molecule has 1 aromatic rings. The number of likely N-dealkylation sites (tertiary alicyclic amines) is 1. The zero-order valence-corrected chi connectivity index (χ0v) is 12.8. The van der Waals surface area contributed by atoms with Crippen molar-refractivity contribution in [2.45, 2.75) is 58.0 Å². The third kappa shape index (κ3) is 3.61. The molecule has 0 radical (unpaired) electrons. The Morgan fingerprint density at radius 2 is 2.14 bits per heavy atom. The smallest absolute Gasteiger partial charge is 0.223 e. The molecule has 1 N–H and O–H groups in total. The zero-order chi connectivity index (χ0) is 14.7. The van der Waals surface area contributed by atoms with Gasteiger partial charge in [-0.1, -0.05) is 0 Å². The van der Waals surface area contributed by atoms with E-state index in [2.05, 4.69) is 15.4 Å². The summed E-state index contributed by atoms with van der Waals surface area (Å²) in [5.41, 5.74) is 0. The van der Waals surface area contributed by atoms with Crippen LogP contribution in [0.3, 0.4) is 0 Å². The van der Waals surface area contributed by atoms with Gasteiger partial charge in [-0.15, -0.1) is 0 Å². The van der Waals surface area contributed by atoms with E-state index < -0.39 is 0 Å². The molecular formula is C15H25N5O. The summed E-state index contributed by atoms with van der Waals surface area (Å²) in [5, 5.41) is 7.91. The molecule has 116 valence electrons. The summed E-state index contributed by atoms with van der Waals surface area (Å²) in [4.78, 5) is 18.5. The number of nitrogens with one attached hydrogen (secondary N) is 1. The molecule has 2 aliphatic heterocycles. The first-order valence-corrected chi connectivity index (χ1v) is 8.14. The molecule has 0 aromatic carbocycles. The van der Waals surface area contributed by atoms with Crippen LogP contribution in [-0.4, -0.2) is 51.2 Å². The summed E-state index contributed by atoms with van der Waals surface area (Å²) in [6.07, 6.45) is 6.25. The monoisotopic (exact) mass is 291 g/mol. The number of nitrogens with zero attached hydrogens (tertiary/aromatic N) is 4. The van der Waals surface area contributed by atoms with Gasteiger partial charge < -0.3 is 10.2 Å². The van der Waals surface area contributed by atoms with Crippen molar-refractivity contribution in [1.29, 1.82) is 0 Å². The van der Waals surface area contributed by atoms with Crippen LogP contribution in [0, 0.1) is 6.92 Å². The van der Waals surface area contributed by atoms with Crippen LogP contribution in [0.5, 0.6) is 0 Å². The van der Waals surface area contributed by atoms with E-state index in [1.807, 2.05) is 16.5 Å². The molecule has 1 aromatic heterocycles. The Morgan fingerprint density at radius 1 is 1.33 bits per heavy atom. The number of piperidine rings is 1. The van der Waals surface area contributed by atoms with Gasteiger partial charge >= 0.3 is 0 Å². The van der Waals surface area contributed by atoms with E-state index in [1.54, 1.807) is 0 Å². The highest BCUT2D eigenvalue weighted by atomic mass is 16.2.